The molecule has 0 fully saturated rings. The monoisotopic (exact) mass is 226 g/mol. The summed E-state index contributed by atoms with van der Waals surface area (Å²) in [5, 5.41) is 3.16. The molecule has 3 nitrogen and oxygen atoms in total. The molecule has 0 aliphatic heterocycles. The van der Waals surface area contributed by atoms with E-state index >= 15 is 0 Å². The zero-order valence-corrected chi connectivity index (χ0v) is 10.6. The second kappa shape index (κ2) is 5.28. The van der Waals surface area contributed by atoms with E-state index in [1.165, 1.54) is 5.56 Å². The third kappa shape index (κ3) is 3.04. The minimum Gasteiger partial charge on any atom is -0.497 e. The molecule has 1 aromatic carbocycles. The number of thiol groups is 1. The molecule has 0 radical (unpaired) electrons. The fourth-order valence-electron chi connectivity index (χ4n) is 1.53. The summed E-state index contributed by atoms with van der Waals surface area (Å²) in [6, 6.07) is 3.94. The largest absolute Gasteiger partial charge is 0.497 e. The van der Waals surface area contributed by atoms with Crippen LogP contribution in [0.4, 0.5) is 5.69 Å². The van der Waals surface area contributed by atoms with Crippen molar-refractivity contribution in [2.24, 2.45) is 0 Å². The Morgan fingerprint density at radius 2 is 2.07 bits per heavy atom. The van der Waals surface area contributed by atoms with Gasteiger partial charge >= 0.3 is 0 Å². The molecule has 1 N–H and O–H groups in total. The van der Waals surface area contributed by atoms with Crippen molar-refractivity contribution in [2.75, 3.05) is 33.6 Å². The average Bonchev–Trinajstić information content (AvgIpc) is 2.16. The number of anilines is 1. The first kappa shape index (κ1) is 12.2. The molecule has 15 heavy (non-hydrogen) atoms. The van der Waals surface area contributed by atoms with Crippen molar-refractivity contribution in [3.63, 3.8) is 0 Å². The second-order valence-corrected chi connectivity index (χ2v) is 4.15. The first-order chi connectivity index (χ1) is 7.08. The molecule has 0 aromatic heterocycles. The second-order valence-electron chi connectivity index (χ2n) is 3.67. The van der Waals surface area contributed by atoms with Crippen LogP contribution in [0.2, 0.25) is 0 Å². The fourth-order valence-corrected chi connectivity index (χ4v) is 1.91. The van der Waals surface area contributed by atoms with Gasteiger partial charge in [-0.05, 0) is 31.8 Å². The number of hydrogen-bond donors (Lipinski definition) is 2. The van der Waals surface area contributed by atoms with Gasteiger partial charge in [0.05, 0.1) is 12.8 Å². The molecule has 0 saturated carbocycles. The van der Waals surface area contributed by atoms with Crippen LogP contribution in [0.25, 0.3) is 0 Å². The Morgan fingerprint density at radius 1 is 1.40 bits per heavy atom. The van der Waals surface area contributed by atoms with Gasteiger partial charge in [-0.25, -0.2) is 0 Å². The van der Waals surface area contributed by atoms with Crippen molar-refractivity contribution in [2.45, 2.75) is 11.4 Å². The predicted molar refractivity (Wildman–Crippen MR) is 67.2 cm³/mol. The topological polar surface area (TPSA) is 24.5 Å². The molecule has 0 heterocycles. The molecule has 0 bridgehead atoms. The SMILES string of the molecule is CNc1c(S)cc(OC)cc1CN(C)C. The molecular weight excluding hydrogens is 208 g/mol. The van der Waals surface area contributed by atoms with Crippen LogP contribution in [-0.2, 0) is 6.54 Å². The zero-order valence-electron chi connectivity index (χ0n) is 9.66. The van der Waals surface area contributed by atoms with Crippen LogP contribution >= 0.6 is 12.6 Å². The molecule has 0 spiro atoms. The third-order valence-corrected chi connectivity index (χ3v) is 2.50. The summed E-state index contributed by atoms with van der Waals surface area (Å²) < 4.78 is 5.22. The van der Waals surface area contributed by atoms with Crippen molar-refractivity contribution >= 4 is 18.3 Å². The van der Waals surface area contributed by atoms with Crippen LogP contribution in [0.1, 0.15) is 5.56 Å². The maximum atomic E-state index is 5.22. The van der Waals surface area contributed by atoms with E-state index in [4.69, 9.17) is 4.74 Å². The van der Waals surface area contributed by atoms with Gasteiger partial charge in [0, 0.05) is 18.5 Å². The zero-order chi connectivity index (χ0) is 11.4. The number of hydrogen-bond acceptors (Lipinski definition) is 4. The van der Waals surface area contributed by atoms with E-state index in [1.54, 1.807) is 7.11 Å². The summed E-state index contributed by atoms with van der Waals surface area (Å²) in [6.07, 6.45) is 0. The van der Waals surface area contributed by atoms with E-state index in [2.05, 4.69) is 22.8 Å². The van der Waals surface area contributed by atoms with E-state index < -0.39 is 0 Å². The highest BCUT2D eigenvalue weighted by Gasteiger charge is 2.08. The standard InChI is InChI=1S/C11H18N2OS/c1-12-11-8(7-13(2)3)5-9(14-4)6-10(11)15/h5-6,12,15H,7H2,1-4H3. The van der Waals surface area contributed by atoms with Gasteiger partial charge in [-0.15, -0.1) is 12.6 Å². The lowest BCUT2D eigenvalue weighted by molar-refractivity contribution is 0.395. The molecule has 4 heteroatoms. The van der Waals surface area contributed by atoms with Gasteiger partial charge in [0.25, 0.3) is 0 Å². The van der Waals surface area contributed by atoms with Crippen molar-refractivity contribution in [1.82, 2.24) is 4.90 Å². The lowest BCUT2D eigenvalue weighted by Gasteiger charge is -2.17. The number of methoxy groups -OCH3 is 1. The molecule has 84 valence electrons. The van der Waals surface area contributed by atoms with Gasteiger partial charge in [0.1, 0.15) is 5.75 Å². The van der Waals surface area contributed by atoms with Gasteiger partial charge in [0.15, 0.2) is 0 Å². The Kier molecular flexibility index (Phi) is 4.29. The van der Waals surface area contributed by atoms with Crippen LogP contribution in [0.15, 0.2) is 17.0 Å². The smallest absolute Gasteiger partial charge is 0.120 e. The van der Waals surface area contributed by atoms with Crippen LogP contribution < -0.4 is 10.1 Å². The van der Waals surface area contributed by atoms with Crippen molar-refractivity contribution in [3.05, 3.63) is 17.7 Å². The quantitative estimate of drug-likeness (QED) is 0.769. The number of nitrogens with zero attached hydrogens (tertiary/aromatic N) is 1. The summed E-state index contributed by atoms with van der Waals surface area (Å²) in [5.74, 6) is 0.843. The summed E-state index contributed by atoms with van der Waals surface area (Å²) in [6.45, 7) is 0.862. The van der Waals surface area contributed by atoms with E-state index in [1.807, 2.05) is 33.3 Å². The Balaban J connectivity index is 3.13. The Morgan fingerprint density at radius 3 is 2.53 bits per heavy atom. The van der Waals surface area contributed by atoms with Crippen LogP contribution in [0, 0.1) is 0 Å². The Bertz CT molecular complexity index is 340. The molecule has 0 aliphatic rings. The van der Waals surface area contributed by atoms with Gasteiger partial charge in [-0.2, -0.15) is 0 Å². The van der Waals surface area contributed by atoms with Crippen LogP contribution in [0.5, 0.6) is 5.75 Å². The number of nitrogens with one attached hydrogen (secondary N) is 1. The molecule has 1 aromatic rings. The highest BCUT2D eigenvalue weighted by molar-refractivity contribution is 7.80. The summed E-state index contributed by atoms with van der Waals surface area (Å²) in [4.78, 5) is 3.02. The minimum atomic E-state index is 0.843. The normalized spacial score (nSPS) is 10.5. The Labute approximate surface area is 96.8 Å². The van der Waals surface area contributed by atoms with Crippen LogP contribution in [0.3, 0.4) is 0 Å². The van der Waals surface area contributed by atoms with E-state index in [9.17, 15) is 0 Å². The minimum absolute atomic E-state index is 0.843. The third-order valence-electron chi connectivity index (χ3n) is 2.14. The van der Waals surface area contributed by atoms with Crippen molar-refractivity contribution < 1.29 is 4.74 Å². The maximum absolute atomic E-state index is 5.22. The number of ether oxygens (including phenoxy) is 1. The molecule has 0 saturated heterocycles. The molecule has 0 aliphatic carbocycles. The van der Waals surface area contributed by atoms with Crippen molar-refractivity contribution in [1.29, 1.82) is 0 Å². The maximum Gasteiger partial charge on any atom is 0.120 e. The van der Waals surface area contributed by atoms with Gasteiger partial charge in [-0.3, -0.25) is 0 Å². The van der Waals surface area contributed by atoms with Gasteiger partial charge < -0.3 is 15.0 Å². The summed E-state index contributed by atoms with van der Waals surface area (Å²) in [7, 11) is 7.65. The van der Waals surface area contributed by atoms with Crippen LogP contribution in [-0.4, -0.2) is 33.2 Å². The lowest BCUT2D eigenvalue weighted by Crippen LogP contribution is -2.12. The molecular formula is C11H18N2OS. The fraction of sp³-hybridized carbons (Fsp3) is 0.455. The lowest BCUT2D eigenvalue weighted by atomic mass is 10.1. The first-order valence-corrected chi connectivity index (χ1v) is 5.25. The molecule has 1 rings (SSSR count). The van der Waals surface area contributed by atoms with Crippen molar-refractivity contribution in [3.8, 4) is 5.75 Å². The molecule has 0 amide bonds. The van der Waals surface area contributed by atoms with Gasteiger partial charge in [-0.1, -0.05) is 0 Å². The average molecular weight is 226 g/mol. The summed E-state index contributed by atoms with van der Waals surface area (Å²) in [5.41, 5.74) is 2.25. The van der Waals surface area contributed by atoms with E-state index in [0.717, 1.165) is 22.9 Å². The predicted octanol–water partition coefficient (Wildman–Crippen LogP) is 2.09. The van der Waals surface area contributed by atoms with E-state index in [0.29, 0.717) is 0 Å². The highest BCUT2D eigenvalue weighted by atomic mass is 32.1. The number of rotatable bonds is 4. The van der Waals surface area contributed by atoms with Gasteiger partial charge in [0.2, 0.25) is 0 Å². The Hall–Kier alpha value is -0.870. The molecule has 0 atom stereocenters. The number of benzene rings is 1. The first-order valence-electron chi connectivity index (χ1n) is 4.80. The molecule has 0 unspecified atom stereocenters. The van der Waals surface area contributed by atoms with E-state index in [-0.39, 0.29) is 0 Å². The summed E-state index contributed by atoms with van der Waals surface area (Å²) >= 11 is 4.43. The highest BCUT2D eigenvalue weighted by Crippen LogP contribution is 2.30.